The molecule has 14 heteroatoms. The van der Waals surface area contributed by atoms with Crippen molar-refractivity contribution < 1.29 is 47.5 Å². The SMILES string of the molecule is COc1ccc2oc(=O)cc(OCc3cn([C@@H]4c5cc6c(cc5[C@@H](c5cc(OC)c(O)c(OC)c5)[C@H]5C(=O)OC[C@@H]54)OCO6)nn3)c2c1. The lowest BCUT2D eigenvalue weighted by Gasteiger charge is -2.39. The Labute approximate surface area is 272 Å². The molecule has 8 rings (SSSR count). The van der Waals surface area contributed by atoms with Crippen molar-refractivity contribution in [2.75, 3.05) is 34.7 Å². The van der Waals surface area contributed by atoms with Crippen LogP contribution in [-0.2, 0) is 16.1 Å². The van der Waals surface area contributed by atoms with E-state index < -0.39 is 23.5 Å². The fraction of sp³-hybridized carbons (Fsp3) is 0.294. The van der Waals surface area contributed by atoms with Gasteiger partial charge in [-0.15, -0.1) is 5.10 Å². The van der Waals surface area contributed by atoms with Gasteiger partial charge >= 0.3 is 11.6 Å². The minimum absolute atomic E-state index is 0.00424. The summed E-state index contributed by atoms with van der Waals surface area (Å²) >= 11 is 0. The van der Waals surface area contributed by atoms with Crippen molar-refractivity contribution in [1.82, 2.24) is 15.0 Å². The lowest BCUT2D eigenvalue weighted by Crippen LogP contribution is -2.37. The number of aromatic hydroxyl groups is 1. The van der Waals surface area contributed by atoms with Crippen molar-refractivity contribution in [1.29, 1.82) is 0 Å². The number of carbonyl (C=O) groups is 1. The van der Waals surface area contributed by atoms with E-state index in [-0.39, 0.29) is 49.1 Å². The maximum absolute atomic E-state index is 13.5. The van der Waals surface area contributed by atoms with E-state index in [1.165, 1.54) is 20.3 Å². The Hall–Kier alpha value is -5.92. The number of methoxy groups -OCH3 is 3. The van der Waals surface area contributed by atoms with E-state index >= 15 is 0 Å². The zero-order valence-electron chi connectivity index (χ0n) is 26.0. The summed E-state index contributed by atoms with van der Waals surface area (Å²) < 4.78 is 46.5. The van der Waals surface area contributed by atoms with Gasteiger partial charge in [0, 0.05) is 11.8 Å². The molecule has 5 aromatic rings. The number of carbonyl (C=O) groups excluding carboxylic acids is 1. The number of nitrogens with zero attached hydrogens (tertiary/aromatic N) is 3. The number of fused-ring (bicyclic) bond motifs is 4. The Morgan fingerprint density at radius 1 is 0.896 bits per heavy atom. The molecule has 2 aliphatic heterocycles. The summed E-state index contributed by atoms with van der Waals surface area (Å²) in [6, 6.07) is 13.0. The van der Waals surface area contributed by atoms with Crippen LogP contribution in [0.25, 0.3) is 11.0 Å². The third-order valence-electron chi connectivity index (χ3n) is 9.14. The number of benzene rings is 3. The zero-order valence-corrected chi connectivity index (χ0v) is 26.0. The van der Waals surface area contributed by atoms with Gasteiger partial charge in [0.05, 0.1) is 57.5 Å². The molecule has 0 spiro atoms. The second-order valence-corrected chi connectivity index (χ2v) is 11.6. The Bertz CT molecular complexity index is 2120. The van der Waals surface area contributed by atoms with Crippen molar-refractivity contribution in [3.63, 3.8) is 0 Å². The van der Waals surface area contributed by atoms with Crippen molar-refractivity contribution in [2.45, 2.75) is 18.6 Å². The second kappa shape index (κ2) is 11.4. The van der Waals surface area contributed by atoms with Crippen molar-refractivity contribution in [3.8, 4) is 40.2 Å². The number of phenolic OH excluding ortho intramolecular Hbond substituents is 1. The molecule has 4 heterocycles. The highest BCUT2D eigenvalue weighted by atomic mass is 16.7. The molecule has 1 aliphatic carbocycles. The van der Waals surface area contributed by atoms with Crippen LogP contribution >= 0.6 is 0 Å². The number of rotatable bonds is 8. The van der Waals surface area contributed by atoms with Crippen LogP contribution in [0.1, 0.15) is 34.3 Å². The molecule has 4 atom stereocenters. The minimum Gasteiger partial charge on any atom is -0.502 e. The lowest BCUT2D eigenvalue weighted by molar-refractivity contribution is -0.141. The van der Waals surface area contributed by atoms with E-state index in [0.717, 1.165) is 11.1 Å². The Balaban J connectivity index is 1.19. The molecule has 0 amide bonds. The largest absolute Gasteiger partial charge is 0.502 e. The first-order chi connectivity index (χ1) is 23.4. The summed E-state index contributed by atoms with van der Waals surface area (Å²) in [7, 11) is 4.45. The van der Waals surface area contributed by atoms with E-state index in [1.807, 2.05) is 12.1 Å². The fourth-order valence-corrected chi connectivity index (χ4v) is 6.99. The van der Waals surface area contributed by atoms with Gasteiger partial charge in [0.2, 0.25) is 12.5 Å². The first kappa shape index (κ1) is 29.5. The lowest BCUT2D eigenvalue weighted by atomic mass is 9.65. The van der Waals surface area contributed by atoms with Crippen molar-refractivity contribution >= 4 is 16.9 Å². The third-order valence-corrected chi connectivity index (χ3v) is 9.14. The molecule has 1 saturated heterocycles. The number of hydrogen-bond acceptors (Lipinski definition) is 13. The van der Waals surface area contributed by atoms with E-state index in [2.05, 4.69) is 10.3 Å². The predicted octanol–water partition coefficient (Wildman–Crippen LogP) is 3.95. The quantitative estimate of drug-likeness (QED) is 0.189. The van der Waals surface area contributed by atoms with Crippen LogP contribution in [0.5, 0.6) is 40.2 Å². The molecular formula is C34H29N3O11. The molecule has 3 aromatic carbocycles. The highest BCUT2D eigenvalue weighted by Gasteiger charge is 2.53. The number of ether oxygens (including phenoxy) is 7. The van der Waals surface area contributed by atoms with Gasteiger partial charge in [-0.3, -0.25) is 4.79 Å². The number of aromatic nitrogens is 3. The van der Waals surface area contributed by atoms with Gasteiger partial charge in [0.25, 0.3) is 0 Å². The topological polar surface area (TPSA) is 163 Å². The molecule has 1 fully saturated rings. The summed E-state index contributed by atoms with van der Waals surface area (Å²) in [5.74, 6) is 0.419. The van der Waals surface area contributed by atoms with Crippen molar-refractivity contribution in [2.24, 2.45) is 11.8 Å². The van der Waals surface area contributed by atoms with Crippen LogP contribution < -0.4 is 34.0 Å². The highest BCUT2D eigenvalue weighted by Crippen LogP contribution is 2.56. The van der Waals surface area contributed by atoms with Gasteiger partial charge in [-0.2, -0.15) is 0 Å². The molecule has 0 radical (unpaired) electrons. The average molecular weight is 656 g/mol. The third kappa shape index (κ3) is 4.70. The number of phenols is 1. The van der Waals surface area contributed by atoms with Gasteiger partial charge in [-0.05, 0) is 59.2 Å². The molecule has 3 aliphatic rings. The molecule has 48 heavy (non-hydrogen) atoms. The molecule has 0 unspecified atom stereocenters. The average Bonchev–Trinajstić information content (AvgIpc) is 3.85. The maximum Gasteiger partial charge on any atom is 0.339 e. The number of hydrogen-bond donors (Lipinski definition) is 1. The number of esters is 1. The van der Waals surface area contributed by atoms with Gasteiger partial charge in [-0.1, -0.05) is 5.21 Å². The predicted molar refractivity (Wildman–Crippen MR) is 165 cm³/mol. The standard InChI is InChI=1S/C34H29N3O11/c1-41-18-4-5-23-21(8-18)24(11-29(38)48-23)44-13-17-12-37(36-35-17)32-20-10-26-25(46-15-47-26)9-19(20)30(31-22(32)14-45-34(31)40)16-6-27(42-2)33(39)28(7-16)43-3/h4-12,22,30-32,39H,13-15H2,1-3H3/t22-,30+,31-,32+/m0/s1. The van der Waals surface area contributed by atoms with Crippen LogP contribution in [-0.4, -0.2) is 60.8 Å². The van der Waals surface area contributed by atoms with Crippen LogP contribution in [0.15, 0.2) is 63.9 Å². The molecular weight excluding hydrogens is 626 g/mol. The van der Waals surface area contributed by atoms with E-state index in [1.54, 1.807) is 48.3 Å². The molecule has 0 saturated carbocycles. The zero-order chi connectivity index (χ0) is 33.1. The summed E-state index contributed by atoms with van der Waals surface area (Å²) in [4.78, 5) is 25.8. The van der Waals surface area contributed by atoms with Crippen LogP contribution in [0.3, 0.4) is 0 Å². The fourth-order valence-electron chi connectivity index (χ4n) is 6.99. The Morgan fingerprint density at radius 3 is 2.38 bits per heavy atom. The first-order valence-corrected chi connectivity index (χ1v) is 15.1. The maximum atomic E-state index is 13.5. The Morgan fingerprint density at radius 2 is 1.65 bits per heavy atom. The molecule has 0 bridgehead atoms. The second-order valence-electron chi connectivity index (χ2n) is 11.6. The highest BCUT2D eigenvalue weighted by molar-refractivity contribution is 5.84. The van der Waals surface area contributed by atoms with E-state index in [0.29, 0.717) is 45.2 Å². The van der Waals surface area contributed by atoms with Crippen LogP contribution in [0.4, 0.5) is 0 Å². The summed E-state index contributed by atoms with van der Waals surface area (Å²) in [6.07, 6.45) is 1.75. The Kier molecular flexibility index (Phi) is 7.00. The van der Waals surface area contributed by atoms with Gasteiger partial charge in [0.15, 0.2) is 23.0 Å². The van der Waals surface area contributed by atoms with E-state index in [9.17, 15) is 14.7 Å². The van der Waals surface area contributed by atoms with Crippen molar-refractivity contribution in [3.05, 3.63) is 87.5 Å². The first-order valence-electron chi connectivity index (χ1n) is 15.1. The summed E-state index contributed by atoms with van der Waals surface area (Å²) in [5, 5.41) is 20.1. The van der Waals surface area contributed by atoms with E-state index in [4.69, 9.17) is 37.6 Å². The van der Waals surface area contributed by atoms with Gasteiger partial charge in [0.1, 0.15) is 29.4 Å². The minimum atomic E-state index is -0.629. The molecule has 2 aromatic heterocycles. The molecule has 246 valence electrons. The van der Waals surface area contributed by atoms with Crippen LogP contribution in [0.2, 0.25) is 0 Å². The monoisotopic (exact) mass is 655 g/mol. The number of cyclic esters (lactones) is 1. The van der Waals surface area contributed by atoms with Gasteiger partial charge in [-0.25, -0.2) is 9.48 Å². The van der Waals surface area contributed by atoms with Gasteiger partial charge < -0.3 is 42.7 Å². The normalized spacial score (nSPS) is 20.6. The molecule has 1 N–H and O–H groups in total. The smallest absolute Gasteiger partial charge is 0.339 e. The summed E-state index contributed by atoms with van der Waals surface area (Å²) in [5.41, 5.74) is 2.61. The van der Waals surface area contributed by atoms with Crippen LogP contribution in [0, 0.1) is 11.8 Å². The summed E-state index contributed by atoms with van der Waals surface area (Å²) in [6.45, 7) is 0.201. The molecule has 14 nitrogen and oxygen atoms in total.